The van der Waals surface area contributed by atoms with Gasteiger partial charge in [0, 0.05) is 11.9 Å². The second-order valence-electron chi connectivity index (χ2n) is 6.24. The molecular weight excluding hydrogens is 333 g/mol. The molecule has 2 aromatic carbocycles. The van der Waals surface area contributed by atoms with Crippen LogP contribution in [0.1, 0.15) is 12.0 Å². The zero-order valence-electron chi connectivity index (χ0n) is 14.3. The SMILES string of the molecule is COc1cccc(CCCn2cnc3[nH]c4cc(F)ccc4c3c2=O)c1. The highest BCUT2D eigenvalue weighted by Gasteiger charge is 2.11. The minimum absolute atomic E-state index is 0.112. The lowest BCUT2D eigenvalue weighted by Gasteiger charge is -2.07. The van der Waals surface area contributed by atoms with Gasteiger partial charge in [-0.2, -0.15) is 0 Å². The van der Waals surface area contributed by atoms with Crippen LogP contribution in [-0.4, -0.2) is 21.6 Å². The molecule has 0 unspecified atom stereocenters. The molecular formula is C20H18FN3O2. The molecule has 0 aliphatic rings. The Morgan fingerprint density at radius 1 is 1.23 bits per heavy atom. The van der Waals surface area contributed by atoms with Crippen LogP contribution in [0.5, 0.6) is 5.75 Å². The number of rotatable bonds is 5. The molecule has 4 rings (SSSR count). The Bertz CT molecular complexity index is 1150. The molecule has 6 heteroatoms. The molecule has 26 heavy (non-hydrogen) atoms. The van der Waals surface area contributed by atoms with Crippen molar-refractivity contribution in [2.24, 2.45) is 0 Å². The van der Waals surface area contributed by atoms with Crippen LogP contribution in [0.25, 0.3) is 21.9 Å². The number of nitrogens with zero attached hydrogens (tertiary/aromatic N) is 2. The third-order valence-corrected chi connectivity index (χ3v) is 4.54. The molecule has 2 aromatic heterocycles. The van der Waals surface area contributed by atoms with Crippen LogP contribution >= 0.6 is 0 Å². The second-order valence-corrected chi connectivity index (χ2v) is 6.24. The van der Waals surface area contributed by atoms with Crippen molar-refractivity contribution in [2.75, 3.05) is 7.11 Å². The van der Waals surface area contributed by atoms with Gasteiger partial charge in [0.2, 0.25) is 0 Å². The van der Waals surface area contributed by atoms with Gasteiger partial charge >= 0.3 is 0 Å². The van der Waals surface area contributed by atoms with E-state index in [-0.39, 0.29) is 11.4 Å². The van der Waals surface area contributed by atoms with Gasteiger partial charge in [0.15, 0.2) is 0 Å². The van der Waals surface area contributed by atoms with Crippen LogP contribution in [0, 0.1) is 5.82 Å². The van der Waals surface area contributed by atoms with Crippen molar-refractivity contribution >= 4 is 21.9 Å². The molecule has 132 valence electrons. The topological polar surface area (TPSA) is 59.9 Å². The summed E-state index contributed by atoms with van der Waals surface area (Å²) in [6, 6.07) is 12.3. The van der Waals surface area contributed by atoms with Gasteiger partial charge in [-0.25, -0.2) is 9.37 Å². The van der Waals surface area contributed by atoms with Crippen molar-refractivity contribution in [3.8, 4) is 5.75 Å². The maximum absolute atomic E-state index is 13.4. The lowest BCUT2D eigenvalue weighted by atomic mass is 10.1. The smallest absolute Gasteiger partial charge is 0.263 e. The number of hydrogen-bond donors (Lipinski definition) is 1. The molecule has 0 saturated heterocycles. The Labute approximate surface area is 149 Å². The maximum atomic E-state index is 13.4. The fraction of sp³-hybridized carbons (Fsp3) is 0.200. The minimum atomic E-state index is -0.345. The van der Waals surface area contributed by atoms with Crippen LogP contribution in [0.15, 0.2) is 53.6 Å². The first kappa shape index (κ1) is 16.3. The number of methoxy groups -OCH3 is 1. The molecule has 0 radical (unpaired) electrons. The van der Waals surface area contributed by atoms with E-state index in [4.69, 9.17) is 4.74 Å². The van der Waals surface area contributed by atoms with Gasteiger partial charge in [-0.1, -0.05) is 12.1 Å². The van der Waals surface area contributed by atoms with E-state index in [0.717, 1.165) is 24.2 Å². The third kappa shape index (κ3) is 2.94. The van der Waals surface area contributed by atoms with Crippen molar-refractivity contribution < 1.29 is 9.13 Å². The van der Waals surface area contributed by atoms with Gasteiger partial charge < -0.3 is 9.72 Å². The van der Waals surface area contributed by atoms with Gasteiger partial charge in [-0.05, 0) is 48.7 Å². The van der Waals surface area contributed by atoms with E-state index in [1.54, 1.807) is 24.1 Å². The van der Waals surface area contributed by atoms with E-state index in [1.165, 1.54) is 12.1 Å². The van der Waals surface area contributed by atoms with Crippen molar-refractivity contribution in [2.45, 2.75) is 19.4 Å². The predicted molar refractivity (Wildman–Crippen MR) is 99.1 cm³/mol. The number of H-pyrrole nitrogens is 1. The minimum Gasteiger partial charge on any atom is -0.497 e. The lowest BCUT2D eigenvalue weighted by molar-refractivity contribution is 0.414. The number of fused-ring (bicyclic) bond motifs is 3. The number of hydrogen-bond acceptors (Lipinski definition) is 3. The molecule has 5 nitrogen and oxygen atoms in total. The standard InChI is InChI=1S/C20H18FN3O2/c1-26-15-6-2-4-13(10-15)5-3-9-24-12-22-19-18(20(24)25)16-8-7-14(21)11-17(16)23-19/h2,4,6-8,10-12,23H,3,5,9H2,1H3. The first-order valence-corrected chi connectivity index (χ1v) is 8.45. The number of benzene rings is 2. The zero-order chi connectivity index (χ0) is 18.1. The molecule has 0 atom stereocenters. The van der Waals surface area contributed by atoms with Gasteiger partial charge in [-0.3, -0.25) is 9.36 Å². The van der Waals surface area contributed by atoms with E-state index in [0.29, 0.717) is 28.5 Å². The fourth-order valence-corrected chi connectivity index (χ4v) is 3.23. The Morgan fingerprint density at radius 3 is 2.96 bits per heavy atom. The van der Waals surface area contributed by atoms with Crippen molar-refractivity contribution in [3.63, 3.8) is 0 Å². The van der Waals surface area contributed by atoms with Crippen LogP contribution < -0.4 is 10.3 Å². The molecule has 0 aliphatic carbocycles. The van der Waals surface area contributed by atoms with Crippen LogP contribution in [-0.2, 0) is 13.0 Å². The Morgan fingerprint density at radius 2 is 2.12 bits per heavy atom. The number of halogens is 1. The molecule has 2 heterocycles. The molecule has 0 bridgehead atoms. The first-order valence-electron chi connectivity index (χ1n) is 8.45. The van der Waals surface area contributed by atoms with E-state index >= 15 is 0 Å². The highest BCUT2D eigenvalue weighted by Crippen LogP contribution is 2.22. The largest absolute Gasteiger partial charge is 0.497 e. The van der Waals surface area contributed by atoms with Gasteiger partial charge in [0.1, 0.15) is 17.2 Å². The van der Waals surface area contributed by atoms with E-state index < -0.39 is 0 Å². The number of aryl methyl sites for hydroxylation is 2. The van der Waals surface area contributed by atoms with Gasteiger partial charge in [-0.15, -0.1) is 0 Å². The number of ether oxygens (including phenoxy) is 1. The van der Waals surface area contributed by atoms with Crippen LogP contribution in [0.3, 0.4) is 0 Å². The van der Waals surface area contributed by atoms with Crippen LogP contribution in [0.4, 0.5) is 4.39 Å². The number of aromatic amines is 1. The second kappa shape index (κ2) is 6.63. The molecule has 1 N–H and O–H groups in total. The molecule has 0 amide bonds. The summed E-state index contributed by atoms with van der Waals surface area (Å²) in [5.41, 5.74) is 2.12. The first-order chi connectivity index (χ1) is 12.7. The summed E-state index contributed by atoms with van der Waals surface area (Å²) in [7, 11) is 1.65. The Kier molecular flexibility index (Phi) is 4.16. The molecule has 0 saturated carbocycles. The third-order valence-electron chi connectivity index (χ3n) is 4.54. The quantitative estimate of drug-likeness (QED) is 0.597. The van der Waals surface area contributed by atoms with Crippen molar-refractivity contribution in [1.29, 1.82) is 0 Å². The van der Waals surface area contributed by atoms with Crippen LogP contribution in [0.2, 0.25) is 0 Å². The summed E-state index contributed by atoms with van der Waals surface area (Å²) < 4.78 is 20.2. The van der Waals surface area contributed by atoms with Crippen molar-refractivity contribution in [3.05, 3.63) is 70.5 Å². The summed E-state index contributed by atoms with van der Waals surface area (Å²) in [5.74, 6) is 0.483. The molecule has 0 spiro atoms. The summed E-state index contributed by atoms with van der Waals surface area (Å²) in [4.78, 5) is 20.2. The predicted octanol–water partition coefficient (Wildman–Crippen LogP) is 3.66. The van der Waals surface area contributed by atoms with E-state index in [9.17, 15) is 9.18 Å². The van der Waals surface area contributed by atoms with Gasteiger partial charge in [0.05, 0.1) is 24.3 Å². The highest BCUT2D eigenvalue weighted by molar-refractivity contribution is 6.05. The molecule has 4 aromatic rings. The average Bonchev–Trinajstić information content (AvgIpc) is 3.02. The summed E-state index contributed by atoms with van der Waals surface area (Å²) in [5, 5.41) is 1.20. The number of aromatic nitrogens is 3. The van der Waals surface area contributed by atoms with E-state index in [2.05, 4.69) is 9.97 Å². The summed E-state index contributed by atoms with van der Waals surface area (Å²) >= 11 is 0. The Balaban J connectivity index is 1.59. The lowest BCUT2D eigenvalue weighted by Crippen LogP contribution is -2.20. The average molecular weight is 351 g/mol. The summed E-state index contributed by atoms with van der Waals surface area (Å²) in [6.45, 7) is 0.562. The monoisotopic (exact) mass is 351 g/mol. The fourth-order valence-electron chi connectivity index (χ4n) is 3.23. The van der Waals surface area contributed by atoms with Gasteiger partial charge in [0.25, 0.3) is 5.56 Å². The van der Waals surface area contributed by atoms with E-state index in [1.807, 2.05) is 24.3 Å². The molecule has 0 fully saturated rings. The highest BCUT2D eigenvalue weighted by atomic mass is 19.1. The maximum Gasteiger partial charge on any atom is 0.263 e. The van der Waals surface area contributed by atoms with Crippen molar-refractivity contribution in [1.82, 2.24) is 14.5 Å². The normalized spacial score (nSPS) is 11.3. The number of nitrogens with one attached hydrogen (secondary N) is 1. The summed E-state index contributed by atoms with van der Waals surface area (Å²) in [6.07, 6.45) is 3.18. The molecule has 0 aliphatic heterocycles. The zero-order valence-corrected chi connectivity index (χ0v) is 14.3. The Hall–Kier alpha value is -3.15.